The number of aromatic nitrogens is 3. The van der Waals surface area contributed by atoms with Crippen LogP contribution in [-0.2, 0) is 13.1 Å². The lowest BCUT2D eigenvalue weighted by Gasteiger charge is -1.95. The molecule has 0 amide bonds. The minimum atomic E-state index is 0.560. The number of nitrogens with one attached hydrogen (secondary N) is 1. The van der Waals surface area contributed by atoms with Gasteiger partial charge in [0.2, 0.25) is 5.89 Å². The van der Waals surface area contributed by atoms with Crippen molar-refractivity contribution in [1.82, 2.24) is 20.6 Å². The Hall–Kier alpha value is -1.69. The van der Waals surface area contributed by atoms with E-state index >= 15 is 0 Å². The standard InChI is InChI=1S/C8H10N4O2/c1-6-10-8(12-14-6)5-9-4-7-2-3-13-11-7/h2-3,9H,4-5H2,1H3. The summed E-state index contributed by atoms with van der Waals surface area (Å²) in [4.78, 5) is 4.05. The van der Waals surface area contributed by atoms with Crippen LogP contribution in [0, 0.1) is 6.92 Å². The number of hydrogen-bond acceptors (Lipinski definition) is 6. The average molecular weight is 194 g/mol. The molecule has 0 fully saturated rings. The molecular formula is C8H10N4O2. The monoisotopic (exact) mass is 194 g/mol. The van der Waals surface area contributed by atoms with Gasteiger partial charge in [-0.15, -0.1) is 0 Å². The highest BCUT2D eigenvalue weighted by atomic mass is 16.5. The van der Waals surface area contributed by atoms with Crippen LogP contribution in [0.2, 0.25) is 0 Å². The summed E-state index contributed by atoms with van der Waals surface area (Å²) in [5.41, 5.74) is 0.852. The summed E-state index contributed by atoms with van der Waals surface area (Å²) in [5, 5.41) is 10.6. The SMILES string of the molecule is Cc1nc(CNCc2ccon2)no1. The average Bonchev–Trinajstić information content (AvgIpc) is 2.77. The predicted molar refractivity (Wildman–Crippen MR) is 46.1 cm³/mol. The van der Waals surface area contributed by atoms with E-state index in [0.29, 0.717) is 24.8 Å². The van der Waals surface area contributed by atoms with Crippen molar-refractivity contribution in [2.24, 2.45) is 0 Å². The van der Waals surface area contributed by atoms with Gasteiger partial charge in [0.05, 0.1) is 12.2 Å². The Morgan fingerprint density at radius 2 is 2.29 bits per heavy atom. The zero-order chi connectivity index (χ0) is 9.80. The van der Waals surface area contributed by atoms with E-state index in [9.17, 15) is 0 Å². The molecule has 6 nitrogen and oxygen atoms in total. The van der Waals surface area contributed by atoms with Crippen molar-refractivity contribution in [3.05, 3.63) is 29.7 Å². The van der Waals surface area contributed by atoms with Gasteiger partial charge in [0.1, 0.15) is 6.26 Å². The van der Waals surface area contributed by atoms with Gasteiger partial charge in [0, 0.05) is 19.5 Å². The molecule has 2 heterocycles. The van der Waals surface area contributed by atoms with Gasteiger partial charge in [-0.3, -0.25) is 0 Å². The van der Waals surface area contributed by atoms with Crippen LogP contribution in [0.3, 0.4) is 0 Å². The highest BCUT2D eigenvalue weighted by Gasteiger charge is 2.01. The number of rotatable bonds is 4. The van der Waals surface area contributed by atoms with Gasteiger partial charge in [0.15, 0.2) is 5.82 Å². The molecule has 6 heteroatoms. The topological polar surface area (TPSA) is 77.0 Å². The summed E-state index contributed by atoms with van der Waals surface area (Å²) in [6, 6.07) is 1.80. The molecule has 1 N–H and O–H groups in total. The molecule has 0 aromatic carbocycles. The van der Waals surface area contributed by atoms with Crippen LogP contribution in [-0.4, -0.2) is 15.3 Å². The largest absolute Gasteiger partial charge is 0.364 e. The summed E-state index contributed by atoms with van der Waals surface area (Å²) in [7, 11) is 0. The normalized spacial score (nSPS) is 10.6. The molecule has 0 saturated carbocycles. The highest BCUT2D eigenvalue weighted by Crippen LogP contribution is 1.96. The lowest BCUT2D eigenvalue weighted by molar-refractivity contribution is 0.384. The van der Waals surface area contributed by atoms with E-state index in [4.69, 9.17) is 4.52 Å². The third kappa shape index (κ3) is 2.17. The van der Waals surface area contributed by atoms with Gasteiger partial charge in [-0.1, -0.05) is 10.3 Å². The molecule has 0 bridgehead atoms. The summed E-state index contributed by atoms with van der Waals surface area (Å²) >= 11 is 0. The van der Waals surface area contributed by atoms with Crippen molar-refractivity contribution in [2.75, 3.05) is 0 Å². The summed E-state index contributed by atoms with van der Waals surface area (Å²) < 4.78 is 9.50. The van der Waals surface area contributed by atoms with Crippen molar-refractivity contribution in [3.8, 4) is 0 Å². The van der Waals surface area contributed by atoms with Crippen LogP contribution in [0.25, 0.3) is 0 Å². The van der Waals surface area contributed by atoms with Crippen LogP contribution in [0.15, 0.2) is 21.4 Å². The first-order valence-corrected chi connectivity index (χ1v) is 4.24. The van der Waals surface area contributed by atoms with E-state index in [2.05, 4.69) is 25.1 Å². The minimum absolute atomic E-state index is 0.560. The molecule has 0 unspecified atom stereocenters. The lowest BCUT2D eigenvalue weighted by atomic mass is 10.4. The second-order valence-electron chi connectivity index (χ2n) is 2.82. The summed E-state index contributed by atoms with van der Waals surface area (Å²) in [5.74, 6) is 1.22. The molecule has 2 aromatic heterocycles. The maximum Gasteiger partial charge on any atom is 0.223 e. The fourth-order valence-corrected chi connectivity index (χ4v) is 1.04. The number of nitrogens with zero attached hydrogens (tertiary/aromatic N) is 3. The molecule has 14 heavy (non-hydrogen) atoms. The van der Waals surface area contributed by atoms with Crippen LogP contribution < -0.4 is 5.32 Å². The van der Waals surface area contributed by atoms with Crippen molar-refractivity contribution in [1.29, 1.82) is 0 Å². The first-order valence-electron chi connectivity index (χ1n) is 4.24. The molecule has 74 valence electrons. The molecule has 2 rings (SSSR count). The molecule has 0 radical (unpaired) electrons. The van der Waals surface area contributed by atoms with E-state index in [0.717, 1.165) is 5.69 Å². The first kappa shape index (κ1) is 8.89. The number of hydrogen-bond donors (Lipinski definition) is 1. The molecule has 0 spiro atoms. The Morgan fingerprint density at radius 1 is 1.36 bits per heavy atom. The quantitative estimate of drug-likeness (QED) is 0.770. The van der Waals surface area contributed by atoms with Gasteiger partial charge >= 0.3 is 0 Å². The predicted octanol–water partition coefficient (Wildman–Crippen LogP) is 0.656. The third-order valence-electron chi connectivity index (χ3n) is 1.65. The molecule has 0 aliphatic heterocycles. The first-order chi connectivity index (χ1) is 6.84. The Labute approximate surface area is 80.3 Å². The Morgan fingerprint density at radius 3 is 2.93 bits per heavy atom. The van der Waals surface area contributed by atoms with E-state index in [1.165, 1.54) is 6.26 Å². The molecule has 0 atom stereocenters. The van der Waals surface area contributed by atoms with E-state index in [-0.39, 0.29) is 0 Å². The van der Waals surface area contributed by atoms with Crippen molar-refractivity contribution >= 4 is 0 Å². The fraction of sp³-hybridized carbons (Fsp3) is 0.375. The van der Waals surface area contributed by atoms with E-state index in [1.807, 2.05) is 0 Å². The fourth-order valence-electron chi connectivity index (χ4n) is 1.04. The Kier molecular flexibility index (Phi) is 2.55. The van der Waals surface area contributed by atoms with Gasteiger partial charge in [-0.25, -0.2) is 0 Å². The maximum atomic E-state index is 4.82. The van der Waals surface area contributed by atoms with Crippen LogP contribution >= 0.6 is 0 Å². The van der Waals surface area contributed by atoms with Crippen LogP contribution in [0.4, 0.5) is 0 Å². The zero-order valence-electron chi connectivity index (χ0n) is 7.73. The smallest absolute Gasteiger partial charge is 0.223 e. The van der Waals surface area contributed by atoms with E-state index < -0.39 is 0 Å². The van der Waals surface area contributed by atoms with Gasteiger partial charge in [-0.2, -0.15) is 4.98 Å². The van der Waals surface area contributed by atoms with Gasteiger partial charge < -0.3 is 14.4 Å². The summed E-state index contributed by atoms with van der Waals surface area (Å²) in [6.45, 7) is 2.95. The highest BCUT2D eigenvalue weighted by molar-refractivity contribution is 4.94. The van der Waals surface area contributed by atoms with E-state index in [1.54, 1.807) is 13.0 Å². The van der Waals surface area contributed by atoms with Crippen molar-refractivity contribution < 1.29 is 9.05 Å². The van der Waals surface area contributed by atoms with Crippen LogP contribution in [0.1, 0.15) is 17.4 Å². The maximum absolute atomic E-state index is 4.82. The molecule has 0 aliphatic rings. The molecule has 0 saturated heterocycles. The van der Waals surface area contributed by atoms with Gasteiger partial charge in [-0.05, 0) is 0 Å². The second kappa shape index (κ2) is 4.01. The second-order valence-corrected chi connectivity index (χ2v) is 2.82. The molecule has 0 aliphatic carbocycles. The molecule has 2 aromatic rings. The lowest BCUT2D eigenvalue weighted by Crippen LogP contribution is -2.13. The van der Waals surface area contributed by atoms with Crippen molar-refractivity contribution in [2.45, 2.75) is 20.0 Å². The summed E-state index contributed by atoms with van der Waals surface area (Å²) in [6.07, 6.45) is 1.54. The van der Waals surface area contributed by atoms with Gasteiger partial charge in [0.25, 0.3) is 0 Å². The van der Waals surface area contributed by atoms with Crippen molar-refractivity contribution in [3.63, 3.8) is 0 Å². The Bertz CT molecular complexity index is 382. The number of aryl methyl sites for hydroxylation is 1. The Balaban J connectivity index is 1.78. The third-order valence-corrected chi connectivity index (χ3v) is 1.65. The minimum Gasteiger partial charge on any atom is -0.364 e. The zero-order valence-corrected chi connectivity index (χ0v) is 7.73. The van der Waals surface area contributed by atoms with Crippen LogP contribution in [0.5, 0.6) is 0 Å². The molecular weight excluding hydrogens is 184 g/mol.